The van der Waals surface area contributed by atoms with Crippen LogP contribution in [-0.4, -0.2) is 12.5 Å². The second kappa shape index (κ2) is 6.75. The Kier molecular flexibility index (Phi) is 4.77. The molecule has 3 heteroatoms. The highest BCUT2D eigenvalue weighted by Gasteiger charge is 2.09. The second-order valence-electron chi connectivity index (χ2n) is 4.83. The Hall–Kier alpha value is -2.55. The van der Waals surface area contributed by atoms with E-state index in [9.17, 15) is 4.79 Å². The van der Waals surface area contributed by atoms with Crippen molar-refractivity contribution < 1.29 is 9.53 Å². The lowest BCUT2D eigenvalue weighted by Gasteiger charge is -2.11. The van der Waals surface area contributed by atoms with Crippen LogP contribution >= 0.6 is 0 Å². The number of amides is 1. The number of carbonyl (C=O) groups is 1. The van der Waals surface area contributed by atoms with Crippen molar-refractivity contribution in [3.63, 3.8) is 0 Å². The van der Waals surface area contributed by atoms with E-state index >= 15 is 0 Å². The highest BCUT2D eigenvalue weighted by atomic mass is 16.5. The SMILES string of the molecule is C=CCOc1cccc(C(=O)Nc2cccc(C)c2C)c1. The van der Waals surface area contributed by atoms with Gasteiger partial charge >= 0.3 is 0 Å². The van der Waals surface area contributed by atoms with Gasteiger partial charge in [0.1, 0.15) is 12.4 Å². The third-order valence-corrected chi connectivity index (χ3v) is 3.32. The summed E-state index contributed by atoms with van der Waals surface area (Å²) in [5.74, 6) is 0.510. The number of benzene rings is 2. The third-order valence-electron chi connectivity index (χ3n) is 3.32. The summed E-state index contributed by atoms with van der Waals surface area (Å²) in [4.78, 5) is 12.3. The molecule has 1 N–H and O–H groups in total. The summed E-state index contributed by atoms with van der Waals surface area (Å²) >= 11 is 0. The first-order chi connectivity index (χ1) is 10.1. The van der Waals surface area contributed by atoms with Gasteiger partial charge in [0.15, 0.2) is 0 Å². The monoisotopic (exact) mass is 281 g/mol. The molecule has 0 aliphatic rings. The van der Waals surface area contributed by atoms with Crippen LogP contribution in [0.4, 0.5) is 5.69 Å². The maximum atomic E-state index is 12.3. The van der Waals surface area contributed by atoms with E-state index in [-0.39, 0.29) is 5.91 Å². The molecular weight excluding hydrogens is 262 g/mol. The van der Waals surface area contributed by atoms with Gasteiger partial charge in [-0.1, -0.05) is 30.9 Å². The summed E-state index contributed by atoms with van der Waals surface area (Å²) in [6.07, 6.45) is 1.67. The highest BCUT2D eigenvalue weighted by Crippen LogP contribution is 2.20. The molecule has 0 bridgehead atoms. The minimum Gasteiger partial charge on any atom is -0.490 e. The van der Waals surface area contributed by atoms with Gasteiger partial charge in [-0.2, -0.15) is 0 Å². The maximum Gasteiger partial charge on any atom is 0.255 e. The van der Waals surface area contributed by atoms with E-state index in [1.165, 1.54) is 0 Å². The fourth-order valence-corrected chi connectivity index (χ4v) is 1.96. The topological polar surface area (TPSA) is 38.3 Å². The number of ether oxygens (including phenoxy) is 1. The van der Waals surface area contributed by atoms with Crippen LogP contribution in [0.5, 0.6) is 5.75 Å². The Morgan fingerprint density at radius 2 is 2.00 bits per heavy atom. The molecular formula is C18H19NO2. The van der Waals surface area contributed by atoms with Crippen LogP contribution < -0.4 is 10.1 Å². The van der Waals surface area contributed by atoms with E-state index in [2.05, 4.69) is 11.9 Å². The number of rotatable bonds is 5. The van der Waals surface area contributed by atoms with Gasteiger partial charge in [-0.05, 0) is 49.2 Å². The molecule has 3 nitrogen and oxygen atoms in total. The van der Waals surface area contributed by atoms with Crippen LogP contribution in [0.3, 0.4) is 0 Å². The lowest BCUT2D eigenvalue weighted by Crippen LogP contribution is -2.13. The smallest absolute Gasteiger partial charge is 0.255 e. The average Bonchev–Trinajstić information content (AvgIpc) is 2.50. The van der Waals surface area contributed by atoms with Crippen molar-refractivity contribution in [1.29, 1.82) is 0 Å². The number of nitrogens with one attached hydrogen (secondary N) is 1. The van der Waals surface area contributed by atoms with Crippen LogP contribution in [0.15, 0.2) is 55.1 Å². The fraction of sp³-hybridized carbons (Fsp3) is 0.167. The van der Waals surface area contributed by atoms with Crippen LogP contribution in [0.2, 0.25) is 0 Å². The van der Waals surface area contributed by atoms with Crippen molar-refractivity contribution in [3.8, 4) is 5.75 Å². The van der Waals surface area contributed by atoms with E-state index in [0.717, 1.165) is 16.8 Å². The number of anilines is 1. The largest absolute Gasteiger partial charge is 0.490 e. The molecule has 1 amide bonds. The quantitative estimate of drug-likeness (QED) is 0.837. The van der Waals surface area contributed by atoms with Gasteiger partial charge in [-0.3, -0.25) is 4.79 Å². The normalized spacial score (nSPS) is 10.0. The van der Waals surface area contributed by atoms with Crippen LogP contribution in [-0.2, 0) is 0 Å². The standard InChI is InChI=1S/C18H19NO2/c1-4-11-21-16-9-6-8-15(12-16)18(20)19-17-10-5-7-13(2)14(17)3/h4-10,12H,1,11H2,2-3H3,(H,19,20). The summed E-state index contributed by atoms with van der Waals surface area (Å²) in [5, 5.41) is 2.94. The third kappa shape index (κ3) is 3.72. The Labute approximate surface area is 125 Å². The first kappa shape index (κ1) is 14.9. The van der Waals surface area contributed by atoms with Crippen molar-refractivity contribution in [3.05, 3.63) is 71.8 Å². The molecule has 0 fully saturated rings. The minimum absolute atomic E-state index is 0.146. The van der Waals surface area contributed by atoms with Crippen LogP contribution in [0, 0.1) is 13.8 Å². The highest BCUT2D eigenvalue weighted by molar-refractivity contribution is 6.04. The van der Waals surface area contributed by atoms with E-state index in [4.69, 9.17) is 4.74 Å². The van der Waals surface area contributed by atoms with Gasteiger partial charge in [0, 0.05) is 11.3 Å². The van der Waals surface area contributed by atoms with Crippen LogP contribution in [0.25, 0.3) is 0 Å². The predicted molar refractivity (Wildman–Crippen MR) is 86.0 cm³/mol. The van der Waals surface area contributed by atoms with Crippen molar-refractivity contribution >= 4 is 11.6 Å². The Bertz CT molecular complexity index is 662. The lowest BCUT2D eigenvalue weighted by molar-refractivity contribution is 0.102. The molecule has 0 unspecified atom stereocenters. The molecule has 0 saturated heterocycles. The van der Waals surface area contributed by atoms with Gasteiger partial charge < -0.3 is 10.1 Å². The zero-order chi connectivity index (χ0) is 15.2. The molecule has 0 spiro atoms. The fourth-order valence-electron chi connectivity index (χ4n) is 1.96. The summed E-state index contributed by atoms with van der Waals surface area (Å²) in [7, 11) is 0. The summed E-state index contributed by atoms with van der Waals surface area (Å²) in [6.45, 7) is 8.04. The lowest BCUT2D eigenvalue weighted by atomic mass is 10.1. The number of hydrogen-bond acceptors (Lipinski definition) is 2. The molecule has 2 aromatic carbocycles. The molecule has 0 saturated carbocycles. The number of carbonyl (C=O) groups excluding carboxylic acids is 1. The zero-order valence-electron chi connectivity index (χ0n) is 12.3. The summed E-state index contributed by atoms with van der Waals surface area (Å²) in [5.41, 5.74) is 3.62. The molecule has 0 aliphatic carbocycles. The molecule has 108 valence electrons. The van der Waals surface area contributed by atoms with Gasteiger partial charge in [-0.25, -0.2) is 0 Å². The molecule has 0 aromatic heterocycles. The first-order valence-electron chi connectivity index (χ1n) is 6.83. The van der Waals surface area contributed by atoms with Crippen molar-refractivity contribution in [2.75, 3.05) is 11.9 Å². The van der Waals surface area contributed by atoms with E-state index in [1.54, 1.807) is 24.3 Å². The second-order valence-corrected chi connectivity index (χ2v) is 4.83. The van der Waals surface area contributed by atoms with Crippen molar-refractivity contribution in [1.82, 2.24) is 0 Å². The number of aryl methyl sites for hydroxylation is 1. The number of hydrogen-bond donors (Lipinski definition) is 1. The summed E-state index contributed by atoms with van der Waals surface area (Å²) < 4.78 is 5.44. The maximum absolute atomic E-state index is 12.3. The minimum atomic E-state index is -0.146. The Morgan fingerprint density at radius 1 is 1.24 bits per heavy atom. The van der Waals surface area contributed by atoms with Gasteiger partial charge in [-0.15, -0.1) is 0 Å². The average molecular weight is 281 g/mol. The van der Waals surface area contributed by atoms with Gasteiger partial charge in [0.25, 0.3) is 5.91 Å². The molecule has 0 aliphatic heterocycles. The summed E-state index contributed by atoms with van der Waals surface area (Å²) in [6, 6.07) is 13.0. The predicted octanol–water partition coefficient (Wildman–Crippen LogP) is 4.12. The van der Waals surface area contributed by atoms with Crippen LogP contribution in [0.1, 0.15) is 21.5 Å². The zero-order valence-corrected chi connectivity index (χ0v) is 12.3. The van der Waals surface area contributed by atoms with Crippen molar-refractivity contribution in [2.45, 2.75) is 13.8 Å². The van der Waals surface area contributed by atoms with Gasteiger partial charge in [0.05, 0.1) is 0 Å². The molecule has 2 aromatic rings. The van der Waals surface area contributed by atoms with Crippen molar-refractivity contribution in [2.24, 2.45) is 0 Å². The van der Waals surface area contributed by atoms with E-state index in [0.29, 0.717) is 17.9 Å². The Balaban J connectivity index is 2.16. The first-order valence-corrected chi connectivity index (χ1v) is 6.83. The molecule has 2 rings (SSSR count). The Morgan fingerprint density at radius 3 is 2.76 bits per heavy atom. The molecule has 21 heavy (non-hydrogen) atoms. The molecule has 0 atom stereocenters. The molecule has 0 radical (unpaired) electrons. The van der Waals surface area contributed by atoms with E-state index < -0.39 is 0 Å². The van der Waals surface area contributed by atoms with Gasteiger partial charge in [0.2, 0.25) is 0 Å². The molecule has 0 heterocycles. The van der Waals surface area contributed by atoms with E-state index in [1.807, 2.05) is 38.1 Å².